The minimum Gasteiger partial charge on any atom is -0.381 e. The van der Waals surface area contributed by atoms with Crippen LogP contribution in [0, 0.1) is 5.92 Å². The lowest BCUT2D eigenvalue weighted by atomic mass is 9.98. The van der Waals surface area contributed by atoms with Gasteiger partial charge in [-0.3, -0.25) is 14.6 Å². The molecule has 124 valence electrons. The molecule has 1 atom stereocenters. The van der Waals surface area contributed by atoms with E-state index in [0.717, 1.165) is 12.8 Å². The first-order chi connectivity index (χ1) is 11.1. The molecule has 2 aliphatic heterocycles. The summed E-state index contributed by atoms with van der Waals surface area (Å²) in [6, 6.07) is 3.36. The lowest BCUT2D eigenvalue weighted by Gasteiger charge is -2.35. The quantitative estimate of drug-likeness (QED) is 0.876. The van der Waals surface area contributed by atoms with Crippen molar-refractivity contribution >= 4 is 11.8 Å². The van der Waals surface area contributed by atoms with E-state index >= 15 is 0 Å². The highest BCUT2D eigenvalue weighted by Crippen LogP contribution is 2.24. The molecule has 2 N–H and O–H groups in total. The van der Waals surface area contributed by atoms with Crippen LogP contribution in [0.3, 0.4) is 0 Å². The van der Waals surface area contributed by atoms with Crippen LogP contribution in [0.2, 0.25) is 0 Å². The Morgan fingerprint density at radius 1 is 1.22 bits per heavy atom. The number of carbonyl (C=O) groups excluding carboxylic acids is 2. The Balaban J connectivity index is 1.65. The van der Waals surface area contributed by atoms with Gasteiger partial charge in [-0.25, -0.2) is 0 Å². The maximum absolute atomic E-state index is 12.6. The second-order valence-electron chi connectivity index (χ2n) is 5.87. The fourth-order valence-corrected chi connectivity index (χ4v) is 2.97. The van der Waals surface area contributed by atoms with Crippen LogP contribution in [0.25, 0.3) is 0 Å². The summed E-state index contributed by atoms with van der Waals surface area (Å²) in [6.07, 6.45) is 2.74. The third-order valence-corrected chi connectivity index (χ3v) is 4.35. The molecule has 1 aromatic heterocycles. The zero-order valence-corrected chi connectivity index (χ0v) is 12.9. The molecule has 0 aliphatic carbocycles. The number of carbonyl (C=O) groups is 2. The van der Waals surface area contributed by atoms with Crippen molar-refractivity contribution in [3.63, 3.8) is 0 Å². The zero-order valence-electron chi connectivity index (χ0n) is 12.9. The van der Waals surface area contributed by atoms with E-state index < -0.39 is 5.91 Å². The summed E-state index contributed by atoms with van der Waals surface area (Å²) in [7, 11) is 0. The molecule has 0 aromatic carbocycles. The molecular weight excluding hydrogens is 298 g/mol. The Morgan fingerprint density at radius 2 is 2.00 bits per heavy atom. The van der Waals surface area contributed by atoms with Crippen LogP contribution in [0.15, 0.2) is 18.3 Å². The van der Waals surface area contributed by atoms with Crippen LogP contribution in [0.5, 0.6) is 0 Å². The average molecular weight is 319 g/mol. The van der Waals surface area contributed by atoms with E-state index in [1.807, 2.05) is 4.90 Å². The number of primary amides is 1. The molecule has 0 spiro atoms. The van der Waals surface area contributed by atoms with E-state index in [0.29, 0.717) is 44.2 Å². The van der Waals surface area contributed by atoms with Crippen molar-refractivity contribution in [1.82, 2.24) is 9.88 Å². The minimum absolute atomic E-state index is 0.0488. The van der Waals surface area contributed by atoms with E-state index in [1.54, 1.807) is 12.1 Å². The lowest BCUT2D eigenvalue weighted by molar-refractivity contribution is -0.146. The number of hydrogen-bond donors (Lipinski definition) is 1. The normalized spacial score (nSPS) is 22.8. The minimum atomic E-state index is -0.509. The fourth-order valence-electron chi connectivity index (χ4n) is 2.97. The lowest BCUT2D eigenvalue weighted by Crippen LogP contribution is -2.46. The van der Waals surface area contributed by atoms with Gasteiger partial charge in [0.05, 0.1) is 24.4 Å². The fraction of sp³-hybridized carbons (Fsp3) is 0.562. The first-order valence-corrected chi connectivity index (χ1v) is 7.89. The van der Waals surface area contributed by atoms with Crippen molar-refractivity contribution in [2.45, 2.75) is 18.9 Å². The number of morpholine rings is 1. The maximum Gasteiger partial charge on any atom is 0.250 e. The molecular formula is C16H21N3O4. The van der Waals surface area contributed by atoms with Crippen LogP contribution in [-0.4, -0.2) is 54.6 Å². The number of amides is 2. The van der Waals surface area contributed by atoms with E-state index in [4.69, 9.17) is 15.2 Å². The van der Waals surface area contributed by atoms with Crippen molar-refractivity contribution < 1.29 is 19.1 Å². The topological polar surface area (TPSA) is 94.8 Å². The standard InChI is InChI=1S/C16H21N3O4/c17-15(20)12-1-2-13(18-9-12)14-10-19(5-8-23-14)16(21)11-3-6-22-7-4-11/h1-2,9,11,14H,3-8,10H2,(H2,17,20). The van der Waals surface area contributed by atoms with E-state index in [9.17, 15) is 9.59 Å². The zero-order chi connectivity index (χ0) is 16.2. The maximum atomic E-state index is 12.6. The molecule has 23 heavy (non-hydrogen) atoms. The summed E-state index contributed by atoms with van der Waals surface area (Å²) < 4.78 is 11.0. The van der Waals surface area contributed by atoms with Gasteiger partial charge in [0.1, 0.15) is 6.10 Å². The van der Waals surface area contributed by atoms with Gasteiger partial charge in [0.15, 0.2) is 0 Å². The van der Waals surface area contributed by atoms with Gasteiger partial charge in [0.25, 0.3) is 0 Å². The van der Waals surface area contributed by atoms with Crippen LogP contribution >= 0.6 is 0 Å². The summed E-state index contributed by atoms with van der Waals surface area (Å²) >= 11 is 0. The molecule has 3 heterocycles. The number of rotatable bonds is 3. The molecule has 0 radical (unpaired) electrons. The van der Waals surface area contributed by atoms with Gasteiger partial charge in [-0.15, -0.1) is 0 Å². The first-order valence-electron chi connectivity index (χ1n) is 7.89. The molecule has 7 nitrogen and oxygen atoms in total. The number of nitrogens with zero attached hydrogens (tertiary/aromatic N) is 2. The SMILES string of the molecule is NC(=O)c1ccc(C2CN(C(=O)C3CCOCC3)CCO2)nc1. The second kappa shape index (κ2) is 7.06. The van der Waals surface area contributed by atoms with Gasteiger partial charge >= 0.3 is 0 Å². The largest absolute Gasteiger partial charge is 0.381 e. The summed E-state index contributed by atoms with van der Waals surface area (Å²) in [5.74, 6) is -0.284. The molecule has 1 unspecified atom stereocenters. The Labute approximate surface area is 134 Å². The summed E-state index contributed by atoms with van der Waals surface area (Å²) in [5, 5.41) is 0. The molecule has 2 saturated heterocycles. The van der Waals surface area contributed by atoms with E-state index in [1.165, 1.54) is 6.20 Å². The monoisotopic (exact) mass is 319 g/mol. The second-order valence-corrected chi connectivity index (χ2v) is 5.87. The number of aromatic nitrogens is 1. The third kappa shape index (κ3) is 3.68. The Kier molecular flexibility index (Phi) is 4.88. The molecule has 3 rings (SSSR count). The predicted octanol–water partition coefficient (Wildman–Crippen LogP) is 0.507. The van der Waals surface area contributed by atoms with Crippen molar-refractivity contribution in [2.24, 2.45) is 11.7 Å². The van der Waals surface area contributed by atoms with Crippen molar-refractivity contribution in [1.29, 1.82) is 0 Å². The third-order valence-electron chi connectivity index (χ3n) is 4.35. The molecule has 1 aromatic rings. The highest BCUT2D eigenvalue weighted by atomic mass is 16.5. The Hall–Kier alpha value is -1.99. The first kappa shape index (κ1) is 15.9. The Morgan fingerprint density at radius 3 is 2.65 bits per heavy atom. The smallest absolute Gasteiger partial charge is 0.250 e. The summed E-state index contributed by atoms with van der Waals surface area (Å²) in [4.78, 5) is 29.8. The highest BCUT2D eigenvalue weighted by Gasteiger charge is 2.31. The van der Waals surface area contributed by atoms with Crippen molar-refractivity contribution in [3.8, 4) is 0 Å². The van der Waals surface area contributed by atoms with E-state index in [2.05, 4.69) is 4.98 Å². The van der Waals surface area contributed by atoms with Gasteiger partial charge < -0.3 is 20.1 Å². The van der Waals surface area contributed by atoms with Gasteiger partial charge in [-0.1, -0.05) is 0 Å². The summed E-state index contributed by atoms with van der Waals surface area (Å²) in [5.41, 5.74) is 6.28. The van der Waals surface area contributed by atoms with Crippen molar-refractivity contribution in [2.75, 3.05) is 32.9 Å². The predicted molar refractivity (Wildman–Crippen MR) is 81.6 cm³/mol. The molecule has 0 bridgehead atoms. The van der Waals surface area contributed by atoms with Crippen LogP contribution < -0.4 is 5.73 Å². The van der Waals surface area contributed by atoms with Gasteiger partial charge in [-0.05, 0) is 25.0 Å². The average Bonchev–Trinajstić information content (AvgIpc) is 2.62. The molecule has 0 saturated carbocycles. The molecule has 2 aliphatic rings. The van der Waals surface area contributed by atoms with Crippen LogP contribution in [-0.2, 0) is 14.3 Å². The molecule has 7 heteroatoms. The highest BCUT2D eigenvalue weighted by molar-refractivity contribution is 5.92. The van der Waals surface area contributed by atoms with Gasteiger partial charge in [0, 0.05) is 31.9 Å². The number of nitrogens with two attached hydrogens (primary N) is 1. The van der Waals surface area contributed by atoms with Crippen LogP contribution in [0.1, 0.15) is 35.0 Å². The van der Waals surface area contributed by atoms with Gasteiger partial charge in [-0.2, -0.15) is 0 Å². The van der Waals surface area contributed by atoms with Gasteiger partial charge in [0.2, 0.25) is 11.8 Å². The Bertz CT molecular complexity index is 569. The van der Waals surface area contributed by atoms with Crippen molar-refractivity contribution in [3.05, 3.63) is 29.6 Å². The van der Waals surface area contributed by atoms with E-state index in [-0.39, 0.29) is 17.9 Å². The number of hydrogen-bond acceptors (Lipinski definition) is 5. The molecule has 2 amide bonds. The number of pyridine rings is 1. The number of ether oxygens (including phenoxy) is 2. The summed E-state index contributed by atoms with van der Waals surface area (Å²) in [6.45, 7) is 2.88. The van der Waals surface area contributed by atoms with Crippen LogP contribution in [0.4, 0.5) is 0 Å². The molecule has 2 fully saturated rings.